The first-order chi connectivity index (χ1) is 15.2. The Morgan fingerprint density at radius 3 is 2.45 bits per heavy atom. The number of benzene rings is 2. The highest BCUT2D eigenvalue weighted by molar-refractivity contribution is 7.13. The molecule has 160 valence electrons. The van der Waals surface area contributed by atoms with E-state index in [0.29, 0.717) is 6.54 Å². The van der Waals surface area contributed by atoms with Crippen LogP contribution in [0.3, 0.4) is 0 Å². The molecule has 0 bridgehead atoms. The number of carbonyl (C=O) groups is 1. The number of nitrogens with one attached hydrogen (secondary N) is 1. The Hall–Kier alpha value is -3.10. The molecule has 0 spiro atoms. The molecule has 1 saturated heterocycles. The molecule has 1 aliphatic rings. The molecule has 0 radical (unpaired) electrons. The first kappa shape index (κ1) is 21.1. The van der Waals surface area contributed by atoms with E-state index in [1.54, 1.807) is 11.3 Å². The van der Waals surface area contributed by atoms with Crippen molar-refractivity contribution in [1.82, 2.24) is 9.88 Å². The Morgan fingerprint density at radius 2 is 1.74 bits per heavy atom. The first-order valence-electron chi connectivity index (χ1n) is 10.4. The van der Waals surface area contributed by atoms with Crippen LogP contribution in [0.1, 0.15) is 12.1 Å². The van der Waals surface area contributed by atoms with Crippen molar-refractivity contribution >= 4 is 39.4 Å². The summed E-state index contributed by atoms with van der Waals surface area (Å²) in [6.07, 6.45) is 1.02. The van der Waals surface area contributed by atoms with Gasteiger partial charge in [0.15, 0.2) is 5.13 Å². The van der Waals surface area contributed by atoms with Crippen LogP contribution < -0.4 is 10.2 Å². The molecule has 8 heteroatoms. The lowest BCUT2D eigenvalue weighted by molar-refractivity contribution is -0.117. The van der Waals surface area contributed by atoms with Gasteiger partial charge in [-0.25, -0.2) is 4.98 Å². The van der Waals surface area contributed by atoms with E-state index in [0.717, 1.165) is 60.5 Å². The molecule has 1 aliphatic heterocycles. The molecule has 0 unspecified atom stereocenters. The maximum absolute atomic E-state index is 12.5. The van der Waals surface area contributed by atoms with Gasteiger partial charge in [0, 0.05) is 37.2 Å². The summed E-state index contributed by atoms with van der Waals surface area (Å²) in [5.41, 5.74) is 3.37. The Kier molecular flexibility index (Phi) is 7.01. The predicted molar refractivity (Wildman–Crippen MR) is 126 cm³/mol. The summed E-state index contributed by atoms with van der Waals surface area (Å²) >= 11 is 1.69. The zero-order valence-corrected chi connectivity index (χ0v) is 18.4. The highest BCUT2D eigenvalue weighted by Gasteiger charge is 2.19. The van der Waals surface area contributed by atoms with E-state index >= 15 is 0 Å². The molecular formula is C23H26N6OS. The number of anilines is 2. The normalized spacial score (nSPS) is 15.2. The van der Waals surface area contributed by atoms with Crippen LogP contribution in [0.15, 0.2) is 70.2 Å². The molecule has 2 heterocycles. The second-order valence-electron chi connectivity index (χ2n) is 7.52. The van der Waals surface area contributed by atoms with Gasteiger partial charge in [-0.2, -0.15) is 10.2 Å². The van der Waals surface area contributed by atoms with Crippen molar-refractivity contribution in [2.24, 2.45) is 10.2 Å². The average molecular weight is 435 g/mol. The Bertz CT molecular complexity index is 1020. The minimum atomic E-state index is -0.00259. The fourth-order valence-electron chi connectivity index (χ4n) is 3.43. The van der Waals surface area contributed by atoms with Gasteiger partial charge >= 0.3 is 0 Å². The van der Waals surface area contributed by atoms with E-state index < -0.39 is 0 Å². The largest absolute Gasteiger partial charge is 0.347 e. The van der Waals surface area contributed by atoms with E-state index in [4.69, 9.17) is 0 Å². The van der Waals surface area contributed by atoms with Crippen LogP contribution in [0.25, 0.3) is 0 Å². The van der Waals surface area contributed by atoms with Crippen LogP contribution in [0.2, 0.25) is 0 Å². The van der Waals surface area contributed by atoms with Crippen molar-refractivity contribution < 1.29 is 4.79 Å². The smallest absolute Gasteiger partial charge is 0.238 e. The zero-order chi connectivity index (χ0) is 21.5. The molecule has 3 aromatic rings. The molecule has 0 aliphatic carbocycles. The number of hydrogen-bond acceptors (Lipinski definition) is 7. The van der Waals surface area contributed by atoms with E-state index in [1.807, 2.05) is 61.5 Å². The van der Waals surface area contributed by atoms with Crippen molar-refractivity contribution in [3.05, 3.63) is 65.7 Å². The van der Waals surface area contributed by atoms with Crippen LogP contribution in [0, 0.1) is 6.92 Å². The third kappa shape index (κ3) is 6.19. The Balaban J connectivity index is 1.26. The molecule has 4 rings (SSSR count). The summed E-state index contributed by atoms with van der Waals surface area (Å²) in [6.45, 7) is 6.04. The van der Waals surface area contributed by atoms with Crippen LogP contribution in [0.4, 0.5) is 22.2 Å². The van der Waals surface area contributed by atoms with E-state index in [2.05, 4.69) is 35.7 Å². The molecular weight excluding hydrogens is 408 g/mol. The summed E-state index contributed by atoms with van der Waals surface area (Å²) in [5, 5.41) is 14.6. The van der Waals surface area contributed by atoms with Gasteiger partial charge in [-0.15, -0.1) is 11.3 Å². The third-order valence-corrected chi connectivity index (χ3v) is 6.04. The van der Waals surface area contributed by atoms with Crippen molar-refractivity contribution in [1.29, 1.82) is 0 Å². The standard InChI is InChI=1S/C23H26N6OS/c1-18-17-31-23(24-18)29-13-5-12-28(14-15-29)16-22(30)25-19-8-10-21(11-9-19)27-26-20-6-3-2-4-7-20/h2-4,6-11,17H,5,12-16H2,1H3,(H,25,30). The van der Waals surface area contributed by atoms with Gasteiger partial charge in [0.25, 0.3) is 0 Å². The van der Waals surface area contributed by atoms with Gasteiger partial charge in [0.1, 0.15) is 0 Å². The first-order valence-corrected chi connectivity index (χ1v) is 11.3. The zero-order valence-electron chi connectivity index (χ0n) is 17.6. The SMILES string of the molecule is Cc1csc(N2CCCN(CC(=O)Nc3ccc(N=Nc4ccccc4)cc3)CC2)n1. The molecule has 0 saturated carbocycles. The fourth-order valence-corrected chi connectivity index (χ4v) is 4.29. The minimum absolute atomic E-state index is 0.00259. The number of carbonyl (C=O) groups excluding carboxylic acids is 1. The highest BCUT2D eigenvalue weighted by atomic mass is 32.1. The molecule has 0 atom stereocenters. The topological polar surface area (TPSA) is 73.2 Å². The van der Waals surface area contributed by atoms with Crippen LogP contribution in [0.5, 0.6) is 0 Å². The molecule has 1 N–H and O–H groups in total. The summed E-state index contributed by atoms with van der Waals surface area (Å²) < 4.78 is 0. The molecule has 2 aromatic carbocycles. The highest BCUT2D eigenvalue weighted by Crippen LogP contribution is 2.22. The van der Waals surface area contributed by atoms with Crippen molar-refractivity contribution in [3.63, 3.8) is 0 Å². The summed E-state index contributed by atoms with van der Waals surface area (Å²) in [6, 6.07) is 17.0. The van der Waals surface area contributed by atoms with E-state index in [9.17, 15) is 4.79 Å². The number of azo groups is 1. The number of rotatable bonds is 6. The second kappa shape index (κ2) is 10.3. The molecule has 1 fully saturated rings. The van der Waals surface area contributed by atoms with Gasteiger partial charge in [-0.3, -0.25) is 9.69 Å². The van der Waals surface area contributed by atoms with Crippen LogP contribution in [-0.2, 0) is 4.79 Å². The lowest BCUT2D eigenvalue weighted by Crippen LogP contribution is -2.36. The third-order valence-electron chi connectivity index (χ3n) is 5.02. The summed E-state index contributed by atoms with van der Waals surface area (Å²) in [4.78, 5) is 21.6. The average Bonchev–Trinajstić information content (AvgIpc) is 3.08. The maximum Gasteiger partial charge on any atom is 0.238 e. The Labute approximate surface area is 186 Å². The number of hydrogen-bond donors (Lipinski definition) is 1. The molecule has 31 heavy (non-hydrogen) atoms. The molecule has 1 aromatic heterocycles. The van der Waals surface area contributed by atoms with Crippen molar-refractivity contribution in [3.8, 4) is 0 Å². The monoisotopic (exact) mass is 434 g/mol. The lowest BCUT2D eigenvalue weighted by Gasteiger charge is -2.21. The van der Waals surface area contributed by atoms with Gasteiger partial charge in [-0.1, -0.05) is 18.2 Å². The predicted octanol–water partition coefficient (Wildman–Crippen LogP) is 5.02. The number of nitrogens with zero attached hydrogens (tertiary/aromatic N) is 5. The number of aromatic nitrogens is 1. The fraction of sp³-hybridized carbons (Fsp3) is 0.304. The van der Waals surface area contributed by atoms with Gasteiger partial charge < -0.3 is 10.2 Å². The molecule has 7 nitrogen and oxygen atoms in total. The van der Waals surface area contributed by atoms with Crippen LogP contribution in [-0.4, -0.2) is 48.5 Å². The lowest BCUT2D eigenvalue weighted by atomic mass is 10.3. The van der Waals surface area contributed by atoms with Crippen molar-refractivity contribution in [2.45, 2.75) is 13.3 Å². The molecule has 1 amide bonds. The number of thiazole rings is 1. The van der Waals surface area contributed by atoms with E-state index in [-0.39, 0.29) is 5.91 Å². The van der Waals surface area contributed by atoms with Gasteiger partial charge in [-0.05, 0) is 49.7 Å². The number of amides is 1. The van der Waals surface area contributed by atoms with E-state index in [1.165, 1.54) is 0 Å². The minimum Gasteiger partial charge on any atom is -0.347 e. The van der Waals surface area contributed by atoms with Crippen molar-refractivity contribution in [2.75, 3.05) is 42.9 Å². The number of aryl methyl sites for hydroxylation is 1. The van der Waals surface area contributed by atoms with Gasteiger partial charge in [0.2, 0.25) is 5.91 Å². The quantitative estimate of drug-likeness (QED) is 0.553. The maximum atomic E-state index is 12.5. The summed E-state index contributed by atoms with van der Waals surface area (Å²) in [5.74, 6) is -0.00259. The van der Waals surface area contributed by atoms with Gasteiger partial charge in [0.05, 0.1) is 23.6 Å². The Morgan fingerprint density at radius 1 is 1.00 bits per heavy atom. The van der Waals surface area contributed by atoms with Crippen LogP contribution >= 0.6 is 11.3 Å². The second-order valence-corrected chi connectivity index (χ2v) is 8.36. The summed E-state index contributed by atoms with van der Waals surface area (Å²) in [7, 11) is 0.